The molecule has 0 unspecified atom stereocenters. The van der Waals surface area contributed by atoms with Crippen molar-refractivity contribution in [2.75, 3.05) is 5.32 Å². The van der Waals surface area contributed by atoms with Gasteiger partial charge in [-0.25, -0.2) is 14.9 Å². The second-order valence-corrected chi connectivity index (χ2v) is 9.47. The largest absolute Gasteiger partial charge is 0.325 e. The van der Waals surface area contributed by atoms with E-state index in [9.17, 15) is 9.59 Å². The number of halogens is 1. The van der Waals surface area contributed by atoms with Gasteiger partial charge < -0.3 is 5.32 Å². The molecule has 6 nitrogen and oxygen atoms in total. The molecule has 2 atom stereocenters. The molecule has 0 radical (unpaired) electrons. The molecule has 0 saturated carbocycles. The van der Waals surface area contributed by atoms with Crippen molar-refractivity contribution in [1.82, 2.24) is 4.90 Å². The summed E-state index contributed by atoms with van der Waals surface area (Å²) in [5, 5.41) is 3.53. The summed E-state index contributed by atoms with van der Waals surface area (Å²) in [5.41, 5.74) is 3.02. The van der Waals surface area contributed by atoms with Crippen LogP contribution in [0.25, 0.3) is 0 Å². The molecule has 2 heterocycles. The molecule has 2 amide bonds. The van der Waals surface area contributed by atoms with Crippen LogP contribution < -0.4 is 5.32 Å². The number of carbonyl (C=O) groups excluding carboxylic acids is 2. The molecular formula is C26H21ClN4O2S. The zero-order chi connectivity index (χ0) is 23.7. The van der Waals surface area contributed by atoms with E-state index < -0.39 is 11.3 Å². The van der Waals surface area contributed by atoms with Crippen LogP contribution in [0.5, 0.6) is 0 Å². The first kappa shape index (κ1) is 22.4. The summed E-state index contributed by atoms with van der Waals surface area (Å²) in [6.07, 6.45) is 0.557. The summed E-state index contributed by atoms with van der Waals surface area (Å²) < 4.78 is 0. The molecule has 2 aliphatic rings. The van der Waals surface area contributed by atoms with E-state index in [0.29, 0.717) is 28.1 Å². The lowest BCUT2D eigenvalue weighted by atomic mass is 10.1. The van der Waals surface area contributed by atoms with E-state index in [1.807, 2.05) is 61.5 Å². The third-order valence-corrected chi connectivity index (χ3v) is 7.18. The summed E-state index contributed by atoms with van der Waals surface area (Å²) in [6.45, 7) is 1.93. The highest BCUT2D eigenvalue weighted by atomic mass is 35.5. The lowest BCUT2D eigenvalue weighted by molar-refractivity contribution is -0.124. The Morgan fingerprint density at radius 2 is 1.76 bits per heavy atom. The highest BCUT2D eigenvalue weighted by Gasteiger charge is 2.43. The number of hydrogen-bond acceptors (Lipinski definition) is 5. The van der Waals surface area contributed by atoms with E-state index >= 15 is 0 Å². The number of amides is 2. The van der Waals surface area contributed by atoms with Gasteiger partial charge in [0.15, 0.2) is 11.2 Å². The molecule has 3 aromatic carbocycles. The number of fused-ring (bicyclic) bond motifs is 3. The average Bonchev–Trinajstić information content (AvgIpc) is 3.22. The molecule has 170 valence electrons. The fraction of sp³-hybridized carbons (Fsp3) is 0.154. The number of carbonyl (C=O) groups is 2. The molecule has 0 fully saturated rings. The normalized spacial score (nSPS) is 17.4. The van der Waals surface area contributed by atoms with Crippen molar-refractivity contribution in [3.8, 4) is 0 Å². The molecule has 0 saturated heterocycles. The first-order chi connectivity index (χ1) is 16.5. The van der Waals surface area contributed by atoms with Crippen molar-refractivity contribution in [1.29, 1.82) is 0 Å². The molecular weight excluding hydrogens is 468 g/mol. The zero-order valence-electron chi connectivity index (χ0n) is 18.3. The van der Waals surface area contributed by atoms with Gasteiger partial charge in [0.1, 0.15) is 5.84 Å². The molecule has 0 aliphatic carbocycles. The van der Waals surface area contributed by atoms with Crippen LogP contribution in [0.15, 0.2) is 88.8 Å². The molecule has 34 heavy (non-hydrogen) atoms. The van der Waals surface area contributed by atoms with Gasteiger partial charge in [0, 0.05) is 16.3 Å². The lowest BCUT2D eigenvalue weighted by Gasteiger charge is -2.27. The van der Waals surface area contributed by atoms with Crippen LogP contribution in [0.1, 0.15) is 30.5 Å². The van der Waals surface area contributed by atoms with E-state index in [1.54, 1.807) is 29.2 Å². The molecule has 3 aromatic rings. The van der Waals surface area contributed by atoms with Gasteiger partial charge in [-0.05, 0) is 48.4 Å². The molecule has 0 spiro atoms. The highest BCUT2D eigenvalue weighted by Crippen LogP contribution is 2.38. The zero-order valence-corrected chi connectivity index (χ0v) is 19.9. The maximum atomic E-state index is 13.5. The van der Waals surface area contributed by atoms with Crippen LogP contribution in [0.4, 0.5) is 11.4 Å². The number of thioether (sulfide) groups is 1. The maximum Gasteiger partial charge on any atom is 0.263 e. The number of anilines is 1. The van der Waals surface area contributed by atoms with E-state index in [1.165, 1.54) is 11.8 Å². The van der Waals surface area contributed by atoms with Crippen LogP contribution in [0.3, 0.4) is 0 Å². The average molecular weight is 489 g/mol. The SMILES string of the molecule is CC[C@@H](SC1=Nc2ccccc2C2=N[C@H](c3ccccc3)C(=O)N12)C(=O)Nc1ccc(Cl)cc1. The van der Waals surface area contributed by atoms with Crippen molar-refractivity contribution < 1.29 is 9.59 Å². The van der Waals surface area contributed by atoms with Gasteiger partial charge in [-0.3, -0.25) is 9.59 Å². The van der Waals surface area contributed by atoms with Crippen LogP contribution in [0.2, 0.25) is 5.02 Å². The first-order valence-corrected chi connectivity index (χ1v) is 12.2. The van der Waals surface area contributed by atoms with Crippen LogP contribution in [-0.2, 0) is 9.59 Å². The number of para-hydroxylation sites is 1. The minimum atomic E-state index is -0.642. The predicted octanol–water partition coefficient (Wildman–Crippen LogP) is 5.82. The maximum absolute atomic E-state index is 13.5. The Morgan fingerprint density at radius 1 is 1.06 bits per heavy atom. The Kier molecular flexibility index (Phi) is 6.22. The number of benzene rings is 3. The first-order valence-electron chi connectivity index (χ1n) is 10.9. The van der Waals surface area contributed by atoms with E-state index in [2.05, 4.69) is 5.32 Å². The van der Waals surface area contributed by atoms with Crippen molar-refractivity contribution >= 4 is 57.6 Å². The molecule has 1 N–H and O–H groups in total. The Hall–Kier alpha value is -3.42. The van der Waals surface area contributed by atoms with Crippen molar-refractivity contribution in [2.45, 2.75) is 24.6 Å². The van der Waals surface area contributed by atoms with Crippen molar-refractivity contribution in [2.24, 2.45) is 9.98 Å². The summed E-state index contributed by atoms with van der Waals surface area (Å²) in [7, 11) is 0. The minimum absolute atomic E-state index is 0.166. The monoisotopic (exact) mass is 488 g/mol. The van der Waals surface area contributed by atoms with Gasteiger partial charge in [0.25, 0.3) is 5.91 Å². The number of nitrogens with zero attached hydrogens (tertiary/aromatic N) is 3. The van der Waals surface area contributed by atoms with Gasteiger partial charge >= 0.3 is 0 Å². The topological polar surface area (TPSA) is 74.1 Å². The number of hydrogen-bond donors (Lipinski definition) is 1. The van der Waals surface area contributed by atoms with Gasteiger partial charge in [-0.15, -0.1) is 0 Å². The fourth-order valence-electron chi connectivity index (χ4n) is 3.89. The quantitative estimate of drug-likeness (QED) is 0.491. The van der Waals surface area contributed by atoms with Crippen LogP contribution in [-0.4, -0.2) is 33.0 Å². The number of rotatable bonds is 5. The van der Waals surface area contributed by atoms with Gasteiger partial charge in [-0.1, -0.05) is 72.8 Å². The minimum Gasteiger partial charge on any atom is -0.325 e. The summed E-state index contributed by atoms with van der Waals surface area (Å²) in [6, 6.07) is 23.4. The molecule has 2 aliphatic heterocycles. The van der Waals surface area contributed by atoms with E-state index in [-0.39, 0.29) is 11.8 Å². The molecule has 5 rings (SSSR count). The fourth-order valence-corrected chi connectivity index (χ4v) is 5.03. The summed E-state index contributed by atoms with van der Waals surface area (Å²) in [4.78, 5) is 37.7. The van der Waals surface area contributed by atoms with Crippen molar-refractivity contribution in [3.05, 3.63) is 95.0 Å². The summed E-state index contributed by atoms with van der Waals surface area (Å²) in [5.74, 6) is 0.232. The lowest BCUT2D eigenvalue weighted by Crippen LogP contribution is -2.41. The highest BCUT2D eigenvalue weighted by molar-refractivity contribution is 8.15. The number of nitrogens with one attached hydrogen (secondary N) is 1. The van der Waals surface area contributed by atoms with Gasteiger partial charge in [0.05, 0.1) is 10.9 Å². The Bertz CT molecular complexity index is 1310. The van der Waals surface area contributed by atoms with Gasteiger partial charge in [-0.2, -0.15) is 0 Å². The van der Waals surface area contributed by atoms with Gasteiger partial charge in [0.2, 0.25) is 5.91 Å². The molecule has 8 heteroatoms. The van der Waals surface area contributed by atoms with E-state index in [0.717, 1.165) is 16.8 Å². The Morgan fingerprint density at radius 3 is 2.50 bits per heavy atom. The second-order valence-electron chi connectivity index (χ2n) is 7.86. The Balaban J connectivity index is 1.45. The summed E-state index contributed by atoms with van der Waals surface area (Å²) >= 11 is 7.22. The molecule has 0 aromatic heterocycles. The number of amidine groups is 2. The second kappa shape index (κ2) is 9.44. The van der Waals surface area contributed by atoms with Crippen LogP contribution in [0, 0.1) is 0 Å². The van der Waals surface area contributed by atoms with Crippen LogP contribution >= 0.6 is 23.4 Å². The standard InChI is InChI=1S/C26H21ClN4O2S/c1-2-21(24(32)28-18-14-12-17(27)13-15-18)34-26-29-20-11-7-6-10-19(20)23-30-22(25(33)31(23)26)16-8-4-3-5-9-16/h3-15,21-22H,2H2,1H3,(H,28,32)/t21-,22-/m1/s1. The molecule has 0 bridgehead atoms. The van der Waals surface area contributed by atoms with Crippen molar-refractivity contribution in [3.63, 3.8) is 0 Å². The third kappa shape index (κ3) is 4.24. The predicted molar refractivity (Wildman–Crippen MR) is 138 cm³/mol. The number of aliphatic imine (C=N–C) groups is 2. The third-order valence-electron chi connectivity index (χ3n) is 5.61. The van der Waals surface area contributed by atoms with E-state index in [4.69, 9.17) is 21.6 Å². The smallest absolute Gasteiger partial charge is 0.263 e. The Labute approximate surface area is 206 Å².